The highest BCUT2D eigenvalue weighted by molar-refractivity contribution is 5.32. The number of nitrogens with zero attached hydrogens (tertiary/aromatic N) is 8. The average Bonchev–Trinajstić information content (AvgIpc) is 4.07. The molecule has 56 heavy (non-hydrogen) atoms. The van der Waals surface area contributed by atoms with E-state index in [1.165, 1.54) is 51.9 Å². The van der Waals surface area contributed by atoms with Crippen molar-refractivity contribution in [2.45, 2.75) is 32.6 Å². The molecule has 0 radical (unpaired) electrons. The zero-order valence-corrected chi connectivity index (χ0v) is 35.4. The van der Waals surface area contributed by atoms with Crippen molar-refractivity contribution in [1.82, 2.24) is 44.2 Å². The first-order valence-corrected chi connectivity index (χ1v) is 19.5. The van der Waals surface area contributed by atoms with Crippen molar-refractivity contribution in [3.63, 3.8) is 0 Å². The van der Waals surface area contributed by atoms with Crippen molar-refractivity contribution in [2.75, 3.05) is 98.4 Å². The minimum absolute atomic E-state index is 0.910. The van der Waals surface area contributed by atoms with E-state index in [9.17, 15) is 0 Å². The van der Waals surface area contributed by atoms with Gasteiger partial charge in [0, 0.05) is 78.5 Å². The molecule has 0 unspecified atom stereocenters. The number of nitrogens with one attached hydrogen (secondary N) is 3. The molecular formula is C43H71N11O2. The van der Waals surface area contributed by atoms with Gasteiger partial charge in [-0.15, -0.1) is 0 Å². The number of pyridine rings is 2. The van der Waals surface area contributed by atoms with Gasteiger partial charge >= 0.3 is 0 Å². The molecule has 3 N–H and O–H groups in total. The second-order valence-corrected chi connectivity index (χ2v) is 13.3. The number of imidazole rings is 2. The van der Waals surface area contributed by atoms with Gasteiger partial charge in [-0.2, -0.15) is 0 Å². The van der Waals surface area contributed by atoms with E-state index in [1.54, 1.807) is 44.6 Å². The van der Waals surface area contributed by atoms with Gasteiger partial charge in [-0.1, -0.05) is 37.3 Å². The molecule has 3 aliphatic rings. The Morgan fingerprint density at radius 1 is 0.643 bits per heavy atom. The van der Waals surface area contributed by atoms with Crippen molar-refractivity contribution in [1.29, 1.82) is 0 Å². The molecule has 8 rings (SSSR count). The average molecular weight is 774 g/mol. The summed E-state index contributed by atoms with van der Waals surface area (Å²) < 4.78 is 13.8. The lowest BCUT2D eigenvalue weighted by atomic mass is 10.0. The fourth-order valence-corrected chi connectivity index (χ4v) is 4.73. The highest BCUT2D eigenvalue weighted by Gasteiger charge is 2.05. The molecule has 0 spiro atoms. The largest absolute Gasteiger partial charge is 0.497 e. The first kappa shape index (κ1) is 49.2. The Balaban J connectivity index is 0.000000321. The van der Waals surface area contributed by atoms with Crippen molar-refractivity contribution >= 4 is 11.6 Å². The van der Waals surface area contributed by atoms with Crippen molar-refractivity contribution in [3.8, 4) is 5.75 Å². The van der Waals surface area contributed by atoms with Gasteiger partial charge in [0.1, 0.15) is 17.4 Å². The van der Waals surface area contributed by atoms with Gasteiger partial charge in [-0.3, -0.25) is 0 Å². The quantitative estimate of drug-likeness (QED) is 0.188. The number of morpholine rings is 1. The molecule has 310 valence electrons. The number of para-hydroxylation sites is 1. The molecular weight excluding hydrogens is 703 g/mol. The lowest BCUT2D eigenvalue weighted by molar-refractivity contribution is 0.0503. The lowest BCUT2D eigenvalue weighted by Crippen LogP contribution is -2.32. The summed E-state index contributed by atoms with van der Waals surface area (Å²) in [5, 5.41) is 9.15. The molecule has 7 heterocycles. The van der Waals surface area contributed by atoms with Crippen LogP contribution in [-0.4, -0.2) is 127 Å². The predicted molar refractivity (Wildman–Crippen MR) is 233 cm³/mol. The summed E-state index contributed by atoms with van der Waals surface area (Å²) in [4.78, 5) is 20.2. The number of likely N-dealkylation sites (tertiary alicyclic amines) is 1. The summed E-state index contributed by atoms with van der Waals surface area (Å²) in [6, 6.07) is 21.2. The van der Waals surface area contributed by atoms with Crippen LogP contribution >= 0.6 is 0 Å². The minimum Gasteiger partial charge on any atom is -0.497 e. The SMILES string of the molecule is CC1CCNCC1.CN1CCCC1.CN1CCOCC1.CNc1ccccn1.CNc1ccccn1.COc1ccccc1.Cn1ccnc1.Cn1ccnc1. The van der Waals surface area contributed by atoms with Gasteiger partial charge < -0.3 is 44.4 Å². The fraction of sp³-hybridized carbons (Fsp3) is 0.488. The molecule has 13 nitrogen and oxygen atoms in total. The summed E-state index contributed by atoms with van der Waals surface area (Å²) in [5.74, 6) is 3.70. The van der Waals surface area contributed by atoms with Crippen LogP contribution in [0.5, 0.6) is 5.75 Å². The highest BCUT2D eigenvalue weighted by atomic mass is 16.5. The van der Waals surface area contributed by atoms with Gasteiger partial charge in [0.15, 0.2) is 0 Å². The monoisotopic (exact) mass is 774 g/mol. The third kappa shape index (κ3) is 29.5. The van der Waals surface area contributed by atoms with E-state index in [0.29, 0.717) is 0 Å². The number of likely N-dealkylation sites (N-methyl/N-ethyl adjacent to an activating group) is 1. The van der Waals surface area contributed by atoms with E-state index in [4.69, 9.17) is 9.47 Å². The molecule has 3 saturated heterocycles. The predicted octanol–water partition coefficient (Wildman–Crippen LogP) is 6.45. The topological polar surface area (TPSA) is 122 Å². The standard InChI is InChI=1S/C7H8O.2C6H8N2.C6H13N.C5H11NO.C5H11N.2C4H6N2/c1-8-7-5-3-2-4-6-7;2*1-7-6-4-2-3-5-8-6;2*1-6-2-4-7-5-3-6;1-6-4-2-3-5-6;2*1-6-3-2-5-4-6/h2-6H,1H3;2*2-5H,1H3,(H,7,8);6-7H,2-5H2,1H3;2-5H2,1H3;2-5H2,1H3;2*2-4H,1H3. The van der Waals surface area contributed by atoms with Crippen molar-refractivity contribution in [3.05, 3.63) is 117 Å². The van der Waals surface area contributed by atoms with Crippen LogP contribution in [0.1, 0.15) is 32.6 Å². The molecule has 0 bridgehead atoms. The smallest absolute Gasteiger partial charge is 0.125 e. The number of benzene rings is 1. The van der Waals surface area contributed by atoms with Crippen LogP contribution in [0.25, 0.3) is 0 Å². The van der Waals surface area contributed by atoms with Gasteiger partial charge in [-0.25, -0.2) is 19.9 Å². The Morgan fingerprint density at radius 2 is 1.11 bits per heavy atom. The van der Waals surface area contributed by atoms with Gasteiger partial charge in [0.05, 0.1) is 33.0 Å². The summed E-state index contributed by atoms with van der Waals surface area (Å²) >= 11 is 0. The molecule has 0 amide bonds. The Kier molecular flexibility index (Phi) is 30.4. The summed E-state index contributed by atoms with van der Waals surface area (Å²) in [6.45, 7) is 11.5. The zero-order valence-electron chi connectivity index (χ0n) is 35.4. The van der Waals surface area contributed by atoms with Crippen LogP contribution in [0.3, 0.4) is 0 Å². The maximum Gasteiger partial charge on any atom is 0.125 e. The van der Waals surface area contributed by atoms with E-state index in [-0.39, 0.29) is 0 Å². The number of methoxy groups -OCH3 is 1. The number of hydrogen-bond donors (Lipinski definition) is 3. The first-order valence-electron chi connectivity index (χ1n) is 19.5. The fourth-order valence-electron chi connectivity index (χ4n) is 4.73. The maximum atomic E-state index is 5.10. The van der Waals surface area contributed by atoms with Crippen LogP contribution in [0.4, 0.5) is 11.6 Å². The summed E-state index contributed by atoms with van der Waals surface area (Å²) in [7, 11) is 13.5. The molecule has 0 atom stereocenters. The van der Waals surface area contributed by atoms with Gasteiger partial charge in [-0.05, 0) is 108 Å². The second kappa shape index (κ2) is 34.7. The number of aromatic nitrogens is 6. The Hall–Kier alpha value is -4.82. The Morgan fingerprint density at radius 3 is 1.32 bits per heavy atom. The van der Waals surface area contributed by atoms with E-state index in [1.807, 2.05) is 116 Å². The van der Waals surface area contributed by atoms with E-state index in [2.05, 4.69) is 66.7 Å². The van der Waals surface area contributed by atoms with Crippen LogP contribution in [0, 0.1) is 5.92 Å². The van der Waals surface area contributed by atoms with Crippen LogP contribution in [0.15, 0.2) is 117 Å². The van der Waals surface area contributed by atoms with E-state index >= 15 is 0 Å². The van der Waals surface area contributed by atoms with Gasteiger partial charge in [0.25, 0.3) is 0 Å². The molecule has 13 heteroatoms. The summed E-state index contributed by atoms with van der Waals surface area (Å²) in [5.41, 5.74) is 0. The number of rotatable bonds is 3. The number of aryl methyl sites for hydroxylation is 2. The molecule has 0 saturated carbocycles. The highest BCUT2D eigenvalue weighted by Crippen LogP contribution is 2.08. The molecule has 0 aliphatic carbocycles. The van der Waals surface area contributed by atoms with Crippen molar-refractivity contribution < 1.29 is 9.47 Å². The normalized spacial score (nSPS) is 14.6. The molecule has 5 aromatic rings. The number of ether oxygens (including phenoxy) is 2. The number of anilines is 2. The van der Waals surface area contributed by atoms with E-state index < -0.39 is 0 Å². The second-order valence-electron chi connectivity index (χ2n) is 13.3. The molecule has 1 aromatic carbocycles. The molecule has 3 fully saturated rings. The minimum atomic E-state index is 0.910. The van der Waals surface area contributed by atoms with Crippen LogP contribution in [-0.2, 0) is 18.8 Å². The van der Waals surface area contributed by atoms with Crippen molar-refractivity contribution in [2.24, 2.45) is 20.0 Å². The number of piperidine rings is 1. The zero-order chi connectivity index (χ0) is 40.9. The Labute approximate surface area is 337 Å². The lowest BCUT2D eigenvalue weighted by Gasteiger charge is -2.21. The molecule has 3 aliphatic heterocycles. The van der Waals surface area contributed by atoms with E-state index in [0.717, 1.165) is 49.6 Å². The number of hydrogen-bond acceptors (Lipinski definition) is 11. The third-order valence-corrected chi connectivity index (χ3v) is 8.29. The first-order chi connectivity index (χ1) is 27.3. The van der Waals surface area contributed by atoms with Crippen LogP contribution < -0.4 is 20.7 Å². The molecule has 4 aromatic heterocycles. The maximum absolute atomic E-state index is 5.10. The van der Waals surface area contributed by atoms with Gasteiger partial charge in [0.2, 0.25) is 0 Å². The van der Waals surface area contributed by atoms with Crippen LogP contribution in [0.2, 0.25) is 0 Å². The third-order valence-electron chi connectivity index (χ3n) is 8.29. The summed E-state index contributed by atoms with van der Waals surface area (Å²) in [6.07, 6.45) is 19.9. The Bertz CT molecular complexity index is 1320.